The van der Waals surface area contributed by atoms with Gasteiger partial charge in [0.1, 0.15) is 4.21 Å². The van der Waals surface area contributed by atoms with Crippen LogP contribution in [0.25, 0.3) is 10.4 Å². The zero-order valence-electron chi connectivity index (χ0n) is 15.8. The van der Waals surface area contributed by atoms with Crippen LogP contribution < -0.4 is 0 Å². The van der Waals surface area contributed by atoms with Crippen molar-refractivity contribution in [2.24, 2.45) is 0 Å². The van der Waals surface area contributed by atoms with Gasteiger partial charge in [-0.3, -0.25) is 4.55 Å². The van der Waals surface area contributed by atoms with Gasteiger partial charge in [0.15, 0.2) is 0 Å². The Bertz CT molecular complexity index is 893. The summed E-state index contributed by atoms with van der Waals surface area (Å²) in [6.45, 7) is 0. The summed E-state index contributed by atoms with van der Waals surface area (Å²) >= 11 is 7.22. The van der Waals surface area contributed by atoms with E-state index in [1.54, 1.807) is 12.1 Å². The van der Waals surface area contributed by atoms with Gasteiger partial charge in [0.2, 0.25) is 0 Å². The lowest BCUT2D eigenvalue weighted by Crippen LogP contribution is -2.06. The van der Waals surface area contributed by atoms with Crippen LogP contribution in [0.1, 0.15) is 56.9 Å². The summed E-state index contributed by atoms with van der Waals surface area (Å²) in [7, 11) is -4.23. The highest BCUT2D eigenvalue weighted by Crippen LogP contribution is 2.36. The third kappa shape index (κ3) is 8.66. The Morgan fingerprint density at radius 3 is 2.14 bits per heavy atom. The van der Waals surface area contributed by atoms with Gasteiger partial charge in [0, 0.05) is 21.9 Å². The molecule has 2 aromatic rings. The topological polar surface area (TPSA) is 54.4 Å². The molecule has 162 valence electrons. The summed E-state index contributed by atoms with van der Waals surface area (Å²) in [6, 6.07) is 8.61. The molecule has 0 radical (unpaired) electrons. The Kier molecular flexibility index (Phi) is 9.00. The number of hydrogen-bond acceptors (Lipinski definition) is 3. The monoisotopic (exact) mass is 468 g/mol. The molecule has 0 saturated carbocycles. The predicted molar refractivity (Wildman–Crippen MR) is 111 cm³/mol. The van der Waals surface area contributed by atoms with Crippen LogP contribution in [0, 0.1) is 0 Å². The van der Waals surface area contributed by atoms with Gasteiger partial charge < -0.3 is 0 Å². The van der Waals surface area contributed by atoms with Gasteiger partial charge >= 0.3 is 16.3 Å². The second-order valence-corrected chi connectivity index (χ2v) is 10.1. The highest BCUT2D eigenvalue weighted by Gasteiger charge is 2.25. The molecule has 0 atom stereocenters. The second kappa shape index (κ2) is 10.8. The van der Waals surface area contributed by atoms with Gasteiger partial charge in [0.25, 0.3) is 0 Å². The zero-order chi connectivity index (χ0) is 21.5. The number of thiophene rings is 1. The molecule has 2 rings (SSSR count). The van der Waals surface area contributed by atoms with E-state index in [4.69, 9.17) is 16.2 Å². The first-order valence-corrected chi connectivity index (χ1v) is 12.1. The zero-order valence-corrected chi connectivity index (χ0v) is 18.2. The smallest absolute Gasteiger partial charge is 0.281 e. The van der Waals surface area contributed by atoms with Crippen molar-refractivity contribution in [2.45, 2.75) is 68.2 Å². The molecule has 0 spiro atoms. The van der Waals surface area contributed by atoms with Gasteiger partial charge in [-0.1, -0.05) is 49.8 Å². The molecule has 0 aliphatic rings. The van der Waals surface area contributed by atoms with E-state index in [1.165, 1.54) is 6.07 Å². The molecule has 1 aromatic heterocycles. The molecular formula is C20H24ClF3O3S2. The van der Waals surface area contributed by atoms with Gasteiger partial charge in [0.05, 0.1) is 0 Å². The molecule has 1 aromatic carbocycles. The van der Waals surface area contributed by atoms with Crippen molar-refractivity contribution in [3.63, 3.8) is 0 Å². The molecule has 0 saturated heterocycles. The summed E-state index contributed by atoms with van der Waals surface area (Å²) < 4.78 is 67.7. The number of aryl methyl sites for hydroxylation is 1. The number of benzene rings is 1. The molecule has 3 nitrogen and oxygen atoms in total. The van der Waals surface area contributed by atoms with Crippen molar-refractivity contribution in [1.29, 1.82) is 0 Å². The third-order valence-electron chi connectivity index (χ3n) is 4.56. The summed E-state index contributed by atoms with van der Waals surface area (Å²) in [4.78, 5) is 0.670. The van der Waals surface area contributed by atoms with Crippen LogP contribution in [0.15, 0.2) is 34.5 Å². The Morgan fingerprint density at radius 2 is 1.55 bits per heavy atom. The first-order chi connectivity index (χ1) is 13.6. The molecule has 0 unspecified atom stereocenters. The molecule has 0 amide bonds. The third-order valence-corrected chi connectivity index (χ3v) is 7.33. The normalized spacial score (nSPS) is 12.4. The lowest BCUT2D eigenvalue weighted by molar-refractivity contribution is -0.135. The van der Waals surface area contributed by atoms with Crippen molar-refractivity contribution in [2.75, 3.05) is 0 Å². The standard InChI is InChI=1S/C20H24ClF3O3S2/c21-17-10-9-15(8-6-4-2-1-3-5-7-13-20(22,23)24)14-16(17)18-11-12-19(28-18)29(25,26)27/h9-12,14H,1-8,13H2,(H,25,26,27). The fraction of sp³-hybridized carbons (Fsp3) is 0.500. The van der Waals surface area contributed by atoms with Crippen LogP contribution in [-0.2, 0) is 16.5 Å². The van der Waals surface area contributed by atoms with Crippen molar-refractivity contribution in [3.05, 3.63) is 40.9 Å². The van der Waals surface area contributed by atoms with Crippen LogP contribution in [0.2, 0.25) is 5.02 Å². The Hall–Kier alpha value is -1.09. The van der Waals surface area contributed by atoms with E-state index in [1.807, 2.05) is 12.1 Å². The minimum absolute atomic E-state index is 0.121. The highest BCUT2D eigenvalue weighted by atomic mass is 35.5. The largest absolute Gasteiger partial charge is 0.389 e. The quantitative estimate of drug-likeness (QED) is 0.273. The average Bonchev–Trinajstić information content (AvgIpc) is 3.11. The molecule has 29 heavy (non-hydrogen) atoms. The van der Waals surface area contributed by atoms with Crippen LogP contribution in [0.5, 0.6) is 0 Å². The molecular weight excluding hydrogens is 445 g/mol. The van der Waals surface area contributed by atoms with Crippen molar-refractivity contribution >= 4 is 33.1 Å². The molecule has 0 bridgehead atoms. The van der Waals surface area contributed by atoms with Crippen LogP contribution >= 0.6 is 22.9 Å². The highest BCUT2D eigenvalue weighted by molar-refractivity contribution is 7.88. The van der Waals surface area contributed by atoms with Gasteiger partial charge in [-0.2, -0.15) is 21.6 Å². The van der Waals surface area contributed by atoms with Crippen molar-refractivity contribution in [3.8, 4) is 10.4 Å². The molecule has 0 aliphatic carbocycles. The van der Waals surface area contributed by atoms with Gasteiger partial charge in [-0.05, 0) is 49.1 Å². The second-order valence-electron chi connectivity index (χ2n) is 7.00. The van der Waals surface area contributed by atoms with E-state index in [2.05, 4.69) is 0 Å². The predicted octanol–water partition coefficient (Wildman–Crippen LogP) is 7.54. The van der Waals surface area contributed by atoms with Gasteiger partial charge in [-0.15, -0.1) is 11.3 Å². The van der Waals surface area contributed by atoms with Crippen LogP contribution in [0.3, 0.4) is 0 Å². The fourth-order valence-electron chi connectivity index (χ4n) is 3.06. The lowest BCUT2D eigenvalue weighted by Gasteiger charge is -2.07. The van der Waals surface area contributed by atoms with Crippen molar-refractivity contribution in [1.82, 2.24) is 0 Å². The Labute approximate surface area is 178 Å². The summed E-state index contributed by atoms with van der Waals surface area (Å²) in [5, 5.41) is 0.511. The SMILES string of the molecule is O=S(=O)(O)c1ccc(-c2cc(CCCCCCCCCC(F)(F)F)ccc2Cl)s1. The molecule has 0 aliphatic heterocycles. The van der Waals surface area contributed by atoms with E-state index in [9.17, 15) is 21.6 Å². The maximum atomic E-state index is 12.1. The summed E-state index contributed by atoms with van der Waals surface area (Å²) in [5.41, 5.74) is 1.81. The first-order valence-electron chi connectivity index (χ1n) is 9.49. The number of alkyl halides is 3. The van der Waals surface area contributed by atoms with E-state index >= 15 is 0 Å². The maximum absolute atomic E-state index is 12.1. The fourth-order valence-corrected chi connectivity index (χ4v) is 5.03. The van der Waals surface area contributed by atoms with Gasteiger partial charge in [-0.25, -0.2) is 0 Å². The van der Waals surface area contributed by atoms with E-state index < -0.39 is 22.7 Å². The van der Waals surface area contributed by atoms with E-state index in [-0.39, 0.29) is 10.6 Å². The van der Waals surface area contributed by atoms with Crippen LogP contribution in [-0.4, -0.2) is 19.1 Å². The Balaban J connectivity index is 1.77. The number of hydrogen-bond donors (Lipinski definition) is 1. The van der Waals surface area contributed by atoms with E-state index in [0.717, 1.165) is 61.0 Å². The maximum Gasteiger partial charge on any atom is 0.389 e. The number of unbranched alkanes of at least 4 members (excludes halogenated alkanes) is 6. The number of rotatable bonds is 11. The molecule has 0 fully saturated rings. The molecule has 9 heteroatoms. The number of halogens is 4. The van der Waals surface area contributed by atoms with Crippen LogP contribution in [0.4, 0.5) is 13.2 Å². The minimum atomic E-state index is -4.23. The summed E-state index contributed by atoms with van der Waals surface area (Å²) in [6.07, 6.45) is 1.66. The van der Waals surface area contributed by atoms with E-state index in [0.29, 0.717) is 16.3 Å². The average molecular weight is 469 g/mol. The molecule has 1 heterocycles. The molecule has 1 N–H and O–H groups in total. The minimum Gasteiger partial charge on any atom is -0.281 e. The first kappa shape index (κ1) is 24.2. The van der Waals surface area contributed by atoms with Crippen molar-refractivity contribution < 1.29 is 26.1 Å². The lowest BCUT2D eigenvalue weighted by atomic mass is 10.0. The summed E-state index contributed by atoms with van der Waals surface area (Å²) in [5.74, 6) is 0. The Morgan fingerprint density at radius 1 is 0.931 bits per heavy atom.